The maximum Gasteiger partial charge on any atom is 0.336 e. The van der Waals surface area contributed by atoms with Crippen molar-refractivity contribution in [3.63, 3.8) is 0 Å². The van der Waals surface area contributed by atoms with E-state index in [1.54, 1.807) is 10.6 Å². The summed E-state index contributed by atoms with van der Waals surface area (Å²) in [5.41, 5.74) is 4.05. The molecule has 0 aliphatic rings. The molecule has 0 saturated heterocycles. The molecule has 5 rings (SSSR count). The quantitative estimate of drug-likeness (QED) is 0.251. The van der Waals surface area contributed by atoms with Gasteiger partial charge in [-0.15, -0.1) is 10.2 Å². The van der Waals surface area contributed by atoms with Crippen molar-refractivity contribution in [2.24, 2.45) is 5.92 Å². The summed E-state index contributed by atoms with van der Waals surface area (Å²) in [5.74, 6) is 1.52. The Kier molecular flexibility index (Phi) is 5.77. The van der Waals surface area contributed by atoms with Crippen LogP contribution in [0, 0.1) is 19.8 Å². The van der Waals surface area contributed by atoms with Crippen molar-refractivity contribution in [2.45, 2.75) is 51.6 Å². The van der Waals surface area contributed by atoms with Gasteiger partial charge in [0.1, 0.15) is 5.58 Å². The zero-order valence-electron chi connectivity index (χ0n) is 19.7. The Labute approximate surface area is 200 Å². The number of benzene rings is 2. The molecular weight excluding hydrogens is 448 g/mol. The van der Waals surface area contributed by atoms with E-state index in [9.17, 15) is 9.59 Å². The van der Waals surface area contributed by atoms with Gasteiger partial charge < -0.3 is 4.42 Å². The second-order valence-corrected chi connectivity index (χ2v) is 10.0. The molecule has 5 aromatic rings. The summed E-state index contributed by atoms with van der Waals surface area (Å²) < 4.78 is 9.11. The van der Waals surface area contributed by atoms with E-state index >= 15 is 0 Å². The summed E-state index contributed by atoms with van der Waals surface area (Å²) in [6.45, 7) is 8.90. The highest BCUT2D eigenvalue weighted by Gasteiger charge is 2.18. The van der Waals surface area contributed by atoms with Crippen molar-refractivity contribution in [1.82, 2.24) is 19.2 Å². The Balaban J connectivity index is 1.62. The van der Waals surface area contributed by atoms with Gasteiger partial charge in [0.05, 0.1) is 10.9 Å². The van der Waals surface area contributed by atoms with Gasteiger partial charge in [-0.2, -0.15) is 0 Å². The first-order valence-electron chi connectivity index (χ1n) is 11.4. The van der Waals surface area contributed by atoms with Crippen LogP contribution in [0.5, 0.6) is 0 Å². The summed E-state index contributed by atoms with van der Waals surface area (Å²) in [4.78, 5) is 25.4. The summed E-state index contributed by atoms with van der Waals surface area (Å²) >= 11 is 1.49. The van der Waals surface area contributed by atoms with Crippen LogP contribution in [0.4, 0.5) is 0 Å². The van der Waals surface area contributed by atoms with Crippen LogP contribution in [0.25, 0.3) is 27.6 Å². The van der Waals surface area contributed by atoms with E-state index in [2.05, 4.69) is 30.1 Å². The monoisotopic (exact) mass is 474 g/mol. The van der Waals surface area contributed by atoms with Gasteiger partial charge in [-0.25, -0.2) is 4.79 Å². The highest BCUT2D eigenvalue weighted by molar-refractivity contribution is 7.98. The van der Waals surface area contributed by atoms with Crippen molar-refractivity contribution < 1.29 is 4.42 Å². The minimum atomic E-state index is -0.370. The number of hydrogen-bond donors (Lipinski definition) is 0. The molecule has 0 amide bonds. The molecule has 3 aromatic heterocycles. The molecule has 0 radical (unpaired) electrons. The molecule has 174 valence electrons. The number of fused-ring (bicyclic) bond motifs is 4. The van der Waals surface area contributed by atoms with Crippen LogP contribution in [0.15, 0.2) is 61.6 Å². The van der Waals surface area contributed by atoms with Crippen LogP contribution in [0.1, 0.15) is 37.0 Å². The van der Waals surface area contributed by atoms with E-state index in [0.29, 0.717) is 40.1 Å². The van der Waals surface area contributed by atoms with Gasteiger partial charge in [-0.1, -0.05) is 37.7 Å². The van der Waals surface area contributed by atoms with Gasteiger partial charge in [-0.3, -0.25) is 13.8 Å². The Morgan fingerprint density at radius 3 is 2.56 bits per heavy atom. The molecule has 7 nitrogen and oxygen atoms in total. The number of hydrogen-bond acceptors (Lipinski definition) is 6. The summed E-state index contributed by atoms with van der Waals surface area (Å²) in [6, 6.07) is 13.1. The normalized spacial score (nSPS) is 11.9. The van der Waals surface area contributed by atoms with Crippen LogP contribution in [-0.4, -0.2) is 19.2 Å². The van der Waals surface area contributed by atoms with E-state index in [1.165, 1.54) is 11.8 Å². The number of aromatic nitrogens is 4. The van der Waals surface area contributed by atoms with Gasteiger partial charge in [0.2, 0.25) is 5.78 Å². The van der Waals surface area contributed by atoms with E-state index in [0.717, 1.165) is 34.0 Å². The fraction of sp³-hybridized carbons (Fsp3) is 0.308. The molecule has 2 aromatic carbocycles. The zero-order chi connectivity index (χ0) is 24.0. The molecule has 0 aliphatic heterocycles. The fourth-order valence-electron chi connectivity index (χ4n) is 4.16. The number of nitrogens with zero attached hydrogens (tertiary/aromatic N) is 4. The summed E-state index contributed by atoms with van der Waals surface area (Å²) in [6.07, 6.45) is 0.869. The lowest BCUT2D eigenvalue weighted by Crippen LogP contribution is -2.24. The van der Waals surface area contributed by atoms with E-state index in [-0.39, 0.29) is 11.2 Å². The van der Waals surface area contributed by atoms with E-state index in [4.69, 9.17) is 4.42 Å². The maximum absolute atomic E-state index is 13.2. The molecular formula is C26H26N4O3S. The average molecular weight is 475 g/mol. The lowest BCUT2D eigenvalue weighted by molar-refractivity contribution is 0.512. The molecule has 0 fully saturated rings. The molecule has 8 heteroatoms. The fourth-order valence-corrected chi connectivity index (χ4v) is 5.09. The van der Waals surface area contributed by atoms with E-state index < -0.39 is 0 Å². The average Bonchev–Trinajstić information content (AvgIpc) is 3.22. The minimum absolute atomic E-state index is 0.0507. The lowest BCUT2D eigenvalue weighted by Gasteiger charge is -2.12. The van der Waals surface area contributed by atoms with Gasteiger partial charge in [0, 0.05) is 23.8 Å². The number of para-hydroxylation sites is 1. The van der Waals surface area contributed by atoms with Crippen molar-refractivity contribution >= 4 is 39.4 Å². The molecule has 0 saturated carbocycles. The smallest absolute Gasteiger partial charge is 0.336 e. The number of aryl methyl sites for hydroxylation is 3. The molecule has 0 bridgehead atoms. The van der Waals surface area contributed by atoms with Crippen LogP contribution >= 0.6 is 11.8 Å². The predicted octanol–water partition coefficient (Wildman–Crippen LogP) is 5.11. The summed E-state index contributed by atoms with van der Waals surface area (Å²) in [5, 5.41) is 11.1. The lowest BCUT2D eigenvalue weighted by atomic mass is 10.0. The molecule has 0 spiro atoms. The Morgan fingerprint density at radius 1 is 1.00 bits per heavy atom. The Hall–Kier alpha value is -3.39. The SMILES string of the molecule is Cc1cc2oc(=O)cc(CSc3nnc4n(CCC(C)C)c(=O)c5ccccc5n34)c2cc1C. The molecule has 0 atom stereocenters. The van der Waals surface area contributed by atoms with Crippen LogP contribution in [0.2, 0.25) is 0 Å². The third kappa shape index (κ3) is 3.92. The standard InChI is InChI=1S/C26H26N4O3S/c1-15(2)9-10-29-24(32)19-7-5-6-8-21(19)30-25(29)27-28-26(30)34-14-18-13-23(31)33-22-12-17(4)16(3)11-20(18)22/h5-8,11-13,15H,9-10,14H2,1-4H3. The summed E-state index contributed by atoms with van der Waals surface area (Å²) in [7, 11) is 0. The highest BCUT2D eigenvalue weighted by atomic mass is 32.2. The van der Waals surface area contributed by atoms with Crippen LogP contribution in [-0.2, 0) is 12.3 Å². The number of thioether (sulfide) groups is 1. The first-order valence-corrected chi connectivity index (χ1v) is 12.4. The Morgan fingerprint density at radius 2 is 1.76 bits per heavy atom. The Bertz CT molecular complexity index is 1660. The minimum Gasteiger partial charge on any atom is -0.423 e. The first kappa shape index (κ1) is 22.4. The molecule has 0 N–H and O–H groups in total. The molecule has 0 unspecified atom stereocenters. The van der Waals surface area contributed by atoms with Gasteiger partial charge in [0.15, 0.2) is 5.16 Å². The predicted molar refractivity (Wildman–Crippen MR) is 136 cm³/mol. The van der Waals surface area contributed by atoms with Gasteiger partial charge >= 0.3 is 5.63 Å². The second-order valence-electron chi connectivity index (χ2n) is 9.09. The zero-order valence-corrected chi connectivity index (χ0v) is 20.5. The van der Waals surface area contributed by atoms with Gasteiger partial charge in [0.25, 0.3) is 5.56 Å². The topological polar surface area (TPSA) is 82.4 Å². The maximum atomic E-state index is 13.2. The largest absolute Gasteiger partial charge is 0.423 e. The van der Waals surface area contributed by atoms with Crippen molar-refractivity contribution in [1.29, 1.82) is 0 Å². The molecule has 0 aliphatic carbocycles. The van der Waals surface area contributed by atoms with Crippen LogP contribution < -0.4 is 11.2 Å². The van der Waals surface area contributed by atoms with Gasteiger partial charge in [-0.05, 0) is 67.1 Å². The van der Waals surface area contributed by atoms with Crippen LogP contribution in [0.3, 0.4) is 0 Å². The third-order valence-electron chi connectivity index (χ3n) is 6.21. The van der Waals surface area contributed by atoms with Crippen molar-refractivity contribution in [2.75, 3.05) is 0 Å². The van der Waals surface area contributed by atoms with Crippen molar-refractivity contribution in [3.05, 3.63) is 79.9 Å². The highest BCUT2D eigenvalue weighted by Crippen LogP contribution is 2.29. The number of rotatable bonds is 6. The van der Waals surface area contributed by atoms with Crippen molar-refractivity contribution in [3.8, 4) is 0 Å². The molecule has 3 heterocycles. The second kappa shape index (κ2) is 8.76. The molecule has 34 heavy (non-hydrogen) atoms. The van der Waals surface area contributed by atoms with E-state index in [1.807, 2.05) is 48.6 Å². The first-order chi connectivity index (χ1) is 16.3. The third-order valence-corrected chi connectivity index (χ3v) is 7.19.